The fraction of sp³-hybridized carbons (Fsp3) is 0.267. The zero-order valence-electron chi connectivity index (χ0n) is 12.3. The molecule has 0 fully saturated rings. The van der Waals surface area contributed by atoms with Gasteiger partial charge in [0.2, 0.25) is 12.4 Å². The molecule has 0 unspecified atom stereocenters. The summed E-state index contributed by atoms with van der Waals surface area (Å²) in [5.74, 6) is 0.500. The summed E-state index contributed by atoms with van der Waals surface area (Å²) in [5, 5.41) is 11.1. The highest BCUT2D eigenvalue weighted by molar-refractivity contribution is 6.29. The Morgan fingerprint density at radius 3 is 2.83 bits per heavy atom. The number of pyridine rings is 2. The molecule has 2 aromatic heterocycles. The number of aromatic nitrogens is 2. The fourth-order valence-electron chi connectivity index (χ4n) is 1.84. The van der Waals surface area contributed by atoms with Crippen LogP contribution in [-0.2, 0) is 6.42 Å². The van der Waals surface area contributed by atoms with E-state index in [0.29, 0.717) is 36.3 Å². The standard InChI is InChI=1S/C15H15ClN4O3/c16-14-5-4-12(10-19-14)9-13(11-20(21)22)17-7-8-23-15-3-1-2-6-18-15/h1-6,10H,7-9,11H2. The van der Waals surface area contributed by atoms with Gasteiger partial charge in [-0.15, -0.1) is 0 Å². The number of nitrogens with zero attached hydrogens (tertiary/aromatic N) is 4. The number of aliphatic imine (C=N–C) groups is 1. The number of halogens is 1. The van der Waals surface area contributed by atoms with E-state index in [9.17, 15) is 10.1 Å². The average molecular weight is 335 g/mol. The minimum atomic E-state index is -0.401. The summed E-state index contributed by atoms with van der Waals surface area (Å²) in [7, 11) is 0. The van der Waals surface area contributed by atoms with Crippen molar-refractivity contribution < 1.29 is 9.66 Å². The molecule has 2 heterocycles. The molecule has 23 heavy (non-hydrogen) atoms. The van der Waals surface area contributed by atoms with Gasteiger partial charge in [0.25, 0.3) is 0 Å². The molecule has 0 aromatic carbocycles. The smallest absolute Gasteiger partial charge is 0.241 e. The van der Waals surface area contributed by atoms with Crippen LogP contribution in [0.4, 0.5) is 0 Å². The summed E-state index contributed by atoms with van der Waals surface area (Å²) in [6.07, 6.45) is 3.57. The second kappa shape index (κ2) is 8.79. The van der Waals surface area contributed by atoms with Gasteiger partial charge in [0, 0.05) is 29.8 Å². The summed E-state index contributed by atoms with van der Waals surface area (Å²) in [4.78, 5) is 22.6. The first-order chi connectivity index (χ1) is 11.1. The van der Waals surface area contributed by atoms with E-state index < -0.39 is 4.92 Å². The predicted molar refractivity (Wildman–Crippen MR) is 86.8 cm³/mol. The Morgan fingerprint density at radius 2 is 2.17 bits per heavy atom. The number of hydrogen-bond acceptors (Lipinski definition) is 6. The Hall–Kier alpha value is -2.54. The first-order valence-corrected chi connectivity index (χ1v) is 7.29. The monoisotopic (exact) mass is 334 g/mol. The average Bonchev–Trinajstić information content (AvgIpc) is 2.54. The molecule has 2 rings (SSSR count). The van der Waals surface area contributed by atoms with Crippen molar-refractivity contribution in [3.8, 4) is 5.88 Å². The van der Waals surface area contributed by atoms with Crippen LogP contribution < -0.4 is 4.74 Å². The predicted octanol–water partition coefficient (Wildman–Crippen LogP) is 2.47. The van der Waals surface area contributed by atoms with Crippen molar-refractivity contribution in [3.63, 3.8) is 0 Å². The molecule has 0 radical (unpaired) electrons. The second-order valence-electron chi connectivity index (χ2n) is 4.62. The highest BCUT2D eigenvalue weighted by atomic mass is 35.5. The van der Waals surface area contributed by atoms with Crippen LogP contribution in [0.1, 0.15) is 5.56 Å². The van der Waals surface area contributed by atoms with E-state index in [2.05, 4.69) is 15.0 Å². The maximum atomic E-state index is 10.8. The zero-order valence-corrected chi connectivity index (χ0v) is 13.0. The van der Waals surface area contributed by atoms with Crippen molar-refractivity contribution in [2.24, 2.45) is 4.99 Å². The van der Waals surface area contributed by atoms with E-state index in [-0.39, 0.29) is 6.54 Å². The van der Waals surface area contributed by atoms with Crippen molar-refractivity contribution in [1.82, 2.24) is 9.97 Å². The van der Waals surface area contributed by atoms with E-state index >= 15 is 0 Å². The van der Waals surface area contributed by atoms with Crippen molar-refractivity contribution in [3.05, 3.63) is 63.6 Å². The molecule has 120 valence electrons. The summed E-state index contributed by atoms with van der Waals surface area (Å²) < 4.78 is 5.41. The Bertz CT molecular complexity index is 662. The van der Waals surface area contributed by atoms with Gasteiger partial charge in [-0.05, 0) is 17.7 Å². The highest BCUT2D eigenvalue weighted by Crippen LogP contribution is 2.07. The number of nitro groups is 1. The summed E-state index contributed by atoms with van der Waals surface area (Å²) in [5.41, 5.74) is 1.28. The third-order valence-corrected chi connectivity index (χ3v) is 3.05. The number of hydrogen-bond donors (Lipinski definition) is 0. The van der Waals surface area contributed by atoms with E-state index in [4.69, 9.17) is 16.3 Å². The van der Waals surface area contributed by atoms with Crippen molar-refractivity contribution >= 4 is 17.3 Å². The molecular formula is C15H15ClN4O3. The van der Waals surface area contributed by atoms with E-state index in [0.717, 1.165) is 5.56 Å². The van der Waals surface area contributed by atoms with Crippen molar-refractivity contribution in [2.45, 2.75) is 6.42 Å². The maximum Gasteiger partial charge on any atom is 0.241 e. The normalized spacial score (nSPS) is 11.3. The third-order valence-electron chi connectivity index (χ3n) is 2.82. The van der Waals surface area contributed by atoms with Crippen LogP contribution in [-0.4, -0.2) is 40.3 Å². The maximum absolute atomic E-state index is 10.8. The van der Waals surface area contributed by atoms with Gasteiger partial charge in [0.05, 0.1) is 12.3 Å². The minimum absolute atomic E-state index is 0.303. The molecule has 0 aliphatic rings. The topological polar surface area (TPSA) is 90.5 Å². The molecule has 0 aliphatic carbocycles. The van der Waals surface area contributed by atoms with Gasteiger partial charge in [-0.1, -0.05) is 23.7 Å². The van der Waals surface area contributed by atoms with Gasteiger partial charge in [0.1, 0.15) is 11.8 Å². The molecule has 0 atom stereocenters. The van der Waals surface area contributed by atoms with Crippen LogP contribution in [0.15, 0.2) is 47.7 Å². The lowest BCUT2D eigenvalue weighted by Crippen LogP contribution is -2.18. The molecular weight excluding hydrogens is 320 g/mol. The second-order valence-corrected chi connectivity index (χ2v) is 5.01. The van der Waals surface area contributed by atoms with Crippen molar-refractivity contribution in [2.75, 3.05) is 19.7 Å². The van der Waals surface area contributed by atoms with Gasteiger partial charge in [0.15, 0.2) is 0 Å². The van der Waals surface area contributed by atoms with Gasteiger partial charge in [-0.2, -0.15) is 0 Å². The SMILES string of the molecule is O=[N+]([O-])CC(Cc1ccc(Cl)nc1)=NCCOc1ccccn1. The fourth-order valence-corrected chi connectivity index (χ4v) is 1.96. The Morgan fingerprint density at radius 1 is 1.30 bits per heavy atom. The lowest BCUT2D eigenvalue weighted by Gasteiger charge is -2.05. The Labute approximate surface area is 138 Å². The number of ether oxygens (including phenoxy) is 1. The lowest BCUT2D eigenvalue weighted by atomic mass is 10.1. The van der Waals surface area contributed by atoms with Crippen LogP contribution in [0.3, 0.4) is 0 Å². The molecule has 0 aliphatic heterocycles. The first kappa shape index (κ1) is 16.8. The Kier molecular flexibility index (Phi) is 6.43. The third kappa shape index (κ3) is 6.39. The van der Waals surface area contributed by atoms with E-state index in [1.807, 2.05) is 6.07 Å². The zero-order chi connectivity index (χ0) is 16.5. The summed E-state index contributed by atoms with van der Waals surface area (Å²) in [6, 6.07) is 8.76. The molecule has 0 spiro atoms. The minimum Gasteiger partial charge on any atom is -0.476 e. The van der Waals surface area contributed by atoms with Gasteiger partial charge in [-0.25, -0.2) is 9.97 Å². The Balaban J connectivity index is 1.91. The quantitative estimate of drug-likeness (QED) is 0.243. The van der Waals surface area contributed by atoms with Crippen LogP contribution in [0.2, 0.25) is 5.15 Å². The first-order valence-electron chi connectivity index (χ1n) is 6.92. The van der Waals surface area contributed by atoms with Crippen LogP contribution in [0, 0.1) is 10.1 Å². The van der Waals surface area contributed by atoms with Crippen LogP contribution in [0.25, 0.3) is 0 Å². The number of rotatable bonds is 8. The molecule has 0 N–H and O–H groups in total. The molecule has 0 saturated carbocycles. The molecule has 7 nitrogen and oxygen atoms in total. The van der Waals surface area contributed by atoms with Gasteiger partial charge >= 0.3 is 0 Å². The molecule has 0 amide bonds. The summed E-state index contributed by atoms with van der Waals surface area (Å²) in [6.45, 7) is 0.310. The van der Waals surface area contributed by atoms with Crippen LogP contribution >= 0.6 is 11.6 Å². The van der Waals surface area contributed by atoms with E-state index in [1.54, 1.807) is 36.7 Å². The molecule has 8 heteroatoms. The van der Waals surface area contributed by atoms with Gasteiger partial charge in [-0.3, -0.25) is 15.1 Å². The molecule has 0 saturated heterocycles. The van der Waals surface area contributed by atoms with Gasteiger partial charge < -0.3 is 4.74 Å². The lowest BCUT2D eigenvalue weighted by molar-refractivity contribution is -0.463. The molecule has 2 aromatic rings. The largest absolute Gasteiger partial charge is 0.476 e. The summed E-state index contributed by atoms with van der Waals surface area (Å²) >= 11 is 5.72. The van der Waals surface area contributed by atoms with E-state index in [1.165, 1.54) is 0 Å². The molecule has 0 bridgehead atoms. The van der Waals surface area contributed by atoms with Crippen LogP contribution in [0.5, 0.6) is 5.88 Å². The van der Waals surface area contributed by atoms with Crippen molar-refractivity contribution in [1.29, 1.82) is 0 Å². The highest BCUT2D eigenvalue weighted by Gasteiger charge is 2.09.